The summed E-state index contributed by atoms with van der Waals surface area (Å²) in [6.45, 7) is 4.91. The summed E-state index contributed by atoms with van der Waals surface area (Å²) in [6, 6.07) is 8.42. The Morgan fingerprint density at radius 3 is 2.59 bits per heavy atom. The van der Waals surface area contributed by atoms with Crippen LogP contribution in [0.4, 0.5) is 4.79 Å². The van der Waals surface area contributed by atoms with Crippen LogP contribution in [0.1, 0.15) is 56.7 Å². The molecule has 0 radical (unpaired) electrons. The molecule has 0 spiro atoms. The van der Waals surface area contributed by atoms with E-state index in [4.69, 9.17) is 0 Å². The molecule has 2 amide bonds. The predicted molar refractivity (Wildman–Crippen MR) is 95.5 cm³/mol. The molecule has 0 aliphatic heterocycles. The number of hydrogen-bond donors (Lipinski definition) is 2. The molecule has 4 heteroatoms. The van der Waals surface area contributed by atoms with Gasteiger partial charge in [-0.1, -0.05) is 44.0 Å². The summed E-state index contributed by atoms with van der Waals surface area (Å²) in [4.78, 5) is 11.9. The molecule has 0 saturated heterocycles. The molecule has 0 unspecified atom stereocenters. The Kier molecular flexibility index (Phi) is 7.10. The number of thioether (sulfide) groups is 1. The zero-order chi connectivity index (χ0) is 15.8. The highest BCUT2D eigenvalue weighted by Crippen LogP contribution is 2.28. The van der Waals surface area contributed by atoms with Gasteiger partial charge in [0.05, 0.1) is 6.04 Å². The van der Waals surface area contributed by atoms with Crippen molar-refractivity contribution < 1.29 is 4.79 Å². The molecule has 0 aromatic heterocycles. The molecule has 2 rings (SSSR count). The monoisotopic (exact) mass is 320 g/mol. The van der Waals surface area contributed by atoms with Gasteiger partial charge in [0.2, 0.25) is 0 Å². The third-order valence-electron chi connectivity index (χ3n) is 4.28. The van der Waals surface area contributed by atoms with Crippen LogP contribution in [-0.2, 0) is 6.42 Å². The summed E-state index contributed by atoms with van der Waals surface area (Å²) in [7, 11) is 0. The molecule has 1 aromatic carbocycles. The number of benzene rings is 1. The molecule has 22 heavy (non-hydrogen) atoms. The maximum Gasteiger partial charge on any atom is 0.315 e. The number of nitrogens with one attached hydrogen (secondary N) is 2. The van der Waals surface area contributed by atoms with Crippen molar-refractivity contribution in [2.24, 2.45) is 0 Å². The molecule has 1 atom stereocenters. The fraction of sp³-hybridized carbons (Fsp3) is 0.611. The Balaban J connectivity index is 1.64. The highest BCUT2D eigenvalue weighted by molar-refractivity contribution is 7.99. The van der Waals surface area contributed by atoms with Crippen LogP contribution < -0.4 is 10.6 Å². The van der Waals surface area contributed by atoms with E-state index in [1.807, 2.05) is 18.7 Å². The molecule has 0 heterocycles. The summed E-state index contributed by atoms with van der Waals surface area (Å²) >= 11 is 2.00. The lowest BCUT2D eigenvalue weighted by Gasteiger charge is -2.16. The molecule has 1 aromatic rings. The van der Waals surface area contributed by atoms with E-state index < -0.39 is 0 Å². The van der Waals surface area contributed by atoms with Crippen molar-refractivity contribution in [1.29, 1.82) is 0 Å². The van der Waals surface area contributed by atoms with Crippen LogP contribution in [0.15, 0.2) is 24.3 Å². The summed E-state index contributed by atoms with van der Waals surface area (Å²) in [5, 5.41) is 6.78. The maximum absolute atomic E-state index is 11.9. The van der Waals surface area contributed by atoms with Crippen LogP contribution in [0, 0.1) is 0 Å². The van der Waals surface area contributed by atoms with Gasteiger partial charge in [-0.25, -0.2) is 4.79 Å². The Hall–Kier alpha value is -1.16. The second kappa shape index (κ2) is 9.09. The lowest BCUT2D eigenvalue weighted by Crippen LogP contribution is -2.38. The van der Waals surface area contributed by atoms with Gasteiger partial charge in [-0.2, -0.15) is 11.8 Å². The smallest absolute Gasteiger partial charge is 0.315 e. The SMILES string of the molecule is CCc1ccc([C@H](C)NC(=O)NCCSC2CCCC2)cc1. The molecule has 122 valence electrons. The Morgan fingerprint density at radius 1 is 1.27 bits per heavy atom. The van der Waals surface area contributed by atoms with Gasteiger partial charge < -0.3 is 10.6 Å². The Morgan fingerprint density at radius 2 is 1.95 bits per heavy atom. The van der Waals surface area contributed by atoms with Gasteiger partial charge >= 0.3 is 6.03 Å². The molecule has 0 bridgehead atoms. The third kappa shape index (κ3) is 5.56. The van der Waals surface area contributed by atoms with E-state index in [0.29, 0.717) is 0 Å². The summed E-state index contributed by atoms with van der Waals surface area (Å²) in [5.74, 6) is 1.01. The van der Waals surface area contributed by atoms with E-state index in [1.165, 1.54) is 31.2 Å². The molecule has 2 N–H and O–H groups in total. The van der Waals surface area contributed by atoms with Crippen LogP contribution in [0.25, 0.3) is 0 Å². The zero-order valence-electron chi connectivity index (χ0n) is 13.7. The number of urea groups is 1. The van der Waals surface area contributed by atoms with Crippen LogP contribution in [-0.4, -0.2) is 23.6 Å². The molecule has 1 fully saturated rings. The lowest BCUT2D eigenvalue weighted by atomic mass is 10.1. The largest absolute Gasteiger partial charge is 0.337 e. The van der Waals surface area contributed by atoms with Crippen molar-refractivity contribution in [2.75, 3.05) is 12.3 Å². The number of hydrogen-bond acceptors (Lipinski definition) is 2. The van der Waals surface area contributed by atoms with Gasteiger partial charge in [-0.05, 0) is 37.3 Å². The van der Waals surface area contributed by atoms with Crippen LogP contribution >= 0.6 is 11.8 Å². The van der Waals surface area contributed by atoms with E-state index in [1.54, 1.807) is 0 Å². The van der Waals surface area contributed by atoms with E-state index in [2.05, 4.69) is 41.8 Å². The van der Waals surface area contributed by atoms with Gasteiger partial charge in [-0.15, -0.1) is 0 Å². The van der Waals surface area contributed by atoms with Gasteiger partial charge in [0, 0.05) is 17.5 Å². The number of rotatable bonds is 7. The second-order valence-electron chi connectivity index (χ2n) is 5.99. The number of carbonyl (C=O) groups excluding carboxylic acids is 1. The predicted octanol–water partition coefficient (Wildman–Crippen LogP) is 4.29. The molecule has 3 nitrogen and oxygen atoms in total. The molecule has 1 saturated carbocycles. The fourth-order valence-electron chi connectivity index (χ4n) is 2.82. The fourth-order valence-corrected chi connectivity index (χ4v) is 4.04. The van der Waals surface area contributed by atoms with Crippen LogP contribution in [0.5, 0.6) is 0 Å². The van der Waals surface area contributed by atoms with Gasteiger partial charge in [0.25, 0.3) is 0 Å². The highest BCUT2D eigenvalue weighted by atomic mass is 32.2. The summed E-state index contributed by atoms with van der Waals surface area (Å²) in [5.41, 5.74) is 2.47. The summed E-state index contributed by atoms with van der Waals surface area (Å²) < 4.78 is 0. The average molecular weight is 321 g/mol. The van der Waals surface area contributed by atoms with E-state index in [0.717, 1.165) is 29.5 Å². The lowest BCUT2D eigenvalue weighted by molar-refractivity contribution is 0.238. The normalized spacial score (nSPS) is 16.5. The average Bonchev–Trinajstić information content (AvgIpc) is 3.05. The van der Waals surface area contributed by atoms with Crippen molar-refractivity contribution in [3.05, 3.63) is 35.4 Å². The van der Waals surface area contributed by atoms with E-state index in [9.17, 15) is 4.79 Å². The van der Waals surface area contributed by atoms with Crippen molar-refractivity contribution in [3.8, 4) is 0 Å². The second-order valence-corrected chi connectivity index (χ2v) is 7.40. The minimum Gasteiger partial charge on any atom is -0.337 e. The number of carbonyl (C=O) groups is 1. The van der Waals surface area contributed by atoms with Crippen LogP contribution in [0.2, 0.25) is 0 Å². The topological polar surface area (TPSA) is 41.1 Å². The van der Waals surface area contributed by atoms with Gasteiger partial charge in [-0.3, -0.25) is 0 Å². The first-order valence-electron chi connectivity index (χ1n) is 8.44. The molecule has 1 aliphatic carbocycles. The molecule has 1 aliphatic rings. The zero-order valence-corrected chi connectivity index (χ0v) is 14.5. The molecular formula is C18H28N2OS. The molecular weight excluding hydrogens is 292 g/mol. The third-order valence-corrected chi connectivity index (χ3v) is 5.66. The van der Waals surface area contributed by atoms with Crippen molar-refractivity contribution >= 4 is 17.8 Å². The standard InChI is InChI=1S/C18H28N2OS/c1-3-15-8-10-16(11-9-15)14(2)20-18(21)19-12-13-22-17-6-4-5-7-17/h8-11,14,17H,3-7,12-13H2,1-2H3,(H2,19,20,21)/t14-/m0/s1. The first-order chi connectivity index (χ1) is 10.7. The Labute approximate surface area is 138 Å². The first kappa shape index (κ1) is 17.2. The summed E-state index contributed by atoms with van der Waals surface area (Å²) in [6.07, 6.45) is 6.49. The van der Waals surface area contributed by atoms with E-state index >= 15 is 0 Å². The minimum absolute atomic E-state index is 0.0355. The van der Waals surface area contributed by atoms with Crippen molar-refractivity contribution in [2.45, 2.75) is 57.2 Å². The number of aryl methyl sites for hydroxylation is 1. The van der Waals surface area contributed by atoms with Gasteiger partial charge in [0.15, 0.2) is 0 Å². The highest BCUT2D eigenvalue weighted by Gasteiger charge is 2.15. The van der Waals surface area contributed by atoms with E-state index in [-0.39, 0.29) is 12.1 Å². The minimum atomic E-state index is -0.0703. The quantitative estimate of drug-likeness (QED) is 0.736. The van der Waals surface area contributed by atoms with Crippen LogP contribution in [0.3, 0.4) is 0 Å². The first-order valence-corrected chi connectivity index (χ1v) is 9.48. The Bertz CT molecular complexity index is 455. The maximum atomic E-state index is 11.9. The number of amides is 2. The van der Waals surface area contributed by atoms with Gasteiger partial charge in [0.1, 0.15) is 0 Å². The van der Waals surface area contributed by atoms with Crippen molar-refractivity contribution in [1.82, 2.24) is 10.6 Å². The van der Waals surface area contributed by atoms with Crippen molar-refractivity contribution in [3.63, 3.8) is 0 Å².